The molecule has 0 spiro atoms. The third-order valence-corrected chi connectivity index (χ3v) is 5.04. The molecule has 1 aromatic carbocycles. The van der Waals surface area contributed by atoms with Crippen molar-refractivity contribution in [3.63, 3.8) is 0 Å². The summed E-state index contributed by atoms with van der Waals surface area (Å²) < 4.78 is 7.13. The van der Waals surface area contributed by atoms with Crippen LogP contribution in [0, 0.1) is 0 Å². The van der Waals surface area contributed by atoms with Crippen molar-refractivity contribution in [1.29, 1.82) is 0 Å². The standard InChI is InChI=1S/C19H22N6O3/c1-24-17(11-26)22-23-18(24)14-5-3-7-25(10-14)19(27)21-15-6-2-4-13(8-15)16-9-20-12-28-16/h2,4,6,8-9,12,14,26H,3,5,7,10-11H2,1H3,(H,21,27)/t14-/m1/s1. The van der Waals surface area contributed by atoms with E-state index in [0.717, 1.165) is 24.2 Å². The Bertz CT molecular complexity index is 952. The smallest absolute Gasteiger partial charge is 0.321 e. The number of amides is 2. The van der Waals surface area contributed by atoms with E-state index < -0.39 is 0 Å². The molecule has 1 fully saturated rings. The minimum absolute atomic E-state index is 0.0952. The molecule has 0 radical (unpaired) electrons. The predicted molar refractivity (Wildman–Crippen MR) is 101 cm³/mol. The Morgan fingerprint density at radius 1 is 1.39 bits per heavy atom. The van der Waals surface area contributed by atoms with Crippen LogP contribution in [0.3, 0.4) is 0 Å². The number of nitrogens with zero attached hydrogens (tertiary/aromatic N) is 5. The molecule has 28 heavy (non-hydrogen) atoms. The first-order chi connectivity index (χ1) is 13.7. The van der Waals surface area contributed by atoms with Gasteiger partial charge in [-0.15, -0.1) is 10.2 Å². The molecule has 0 bridgehead atoms. The first-order valence-corrected chi connectivity index (χ1v) is 9.19. The molecular formula is C19H22N6O3. The van der Waals surface area contributed by atoms with Crippen LogP contribution in [0.2, 0.25) is 0 Å². The van der Waals surface area contributed by atoms with Crippen LogP contribution in [-0.2, 0) is 13.7 Å². The number of rotatable bonds is 4. The van der Waals surface area contributed by atoms with Crippen molar-refractivity contribution < 1.29 is 14.3 Å². The molecule has 0 saturated carbocycles. The fourth-order valence-electron chi connectivity index (χ4n) is 3.55. The maximum atomic E-state index is 12.8. The highest BCUT2D eigenvalue weighted by Crippen LogP contribution is 2.27. The molecule has 9 heteroatoms. The summed E-state index contributed by atoms with van der Waals surface area (Å²) in [7, 11) is 1.84. The highest BCUT2D eigenvalue weighted by atomic mass is 16.3. The summed E-state index contributed by atoms with van der Waals surface area (Å²) in [6.07, 6.45) is 4.83. The SMILES string of the molecule is Cn1c(CO)nnc1[C@@H]1CCCN(C(=O)Nc2cccc(-c3cnco3)c2)C1. The molecule has 2 aromatic heterocycles. The van der Waals surface area contributed by atoms with Gasteiger partial charge in [0, 0.05) is 37.3 Å². The number of carbonyl (C=O) groups excluding carboxylic acids is 1. The second-order valence-electron chi connectivity index (χ2n) is 6.85. The van der Waals surface area contributed by atoms with Crippen molar-refractivity contribution in [1.82, 2.24) is 24.6 Å². The lowest BCUT2D eigenvalue weighted by Crippen LogP contribution is -2.42. The summed E-state index contributed by atoms with van der Waals surface area (Å²) in [6, 6.07) is 7.32. The fraction of sp³-hybridized carbons (Fsp3) is 0.368. The van der Waals surface area contributed by atoms with Gasteiger partial charge in [0.15, 0.2) is 18.0 Å². The molecule has 1 saturated heterocycles. The number of piperidine rings is 1. The summed E-state index contributed by atoms with van der Waals surface area (Å²) in [5, 5.41) is 20.5. The van der Waals surface area contributed by atoms with Gasteiger partial charge in [-0.25, -0.2) is 9.78 Å². The van der Waals surface area contributed by atoms with Crippen molar-refractivity contribution in [2.45, 2.75) is 25.4 Å². The summed E-state index contributed by atoms with van der Waals surface area (Å²) in [5.41, 5.74) is 1.55. The van der Waals surface area contributed by atoms with E-state index in [9.17, 15) is 9.90 Å². The van der Waals surface area contributed by atoms with Gasteiger partial charge < -0.3 is 24.3 Å². The van der Waals surface area contributed by atoms with Crippen LogP contribution < -0.4 is 5.32 Å². The molecule has 1 aliphatic rings. The lowest BCUT2D eigenvalue weighted by molar-refractivity contribution is 0.190. The molecule has 1 aliphatic heterocycles. The third-order valence-electron chi connectivity index (χ3n) is 5.04. The number of hydrogen-bond acceptors (Lipinski definition) is 6. The van der Waals surface area contributed by atoms with Crippen LogP contribution in [0.15, 0.2) is 41.3 Å². The van der Waals surface area contributed by atoms with Crippen molar-refractivity contribution in [3.8, 4) is 11.3 Å². The topological polar surface area (TPSA) is 109 Å². The van der Waals surface area contributed by atoms with Gasteiger partial charge in [0.2, 0.25) is 0 Å². The maximum Gasteiger partial charge on any atom is 0.321 e. The van der Waals surface area contributed by atoms with Gasteiger partial charge in [0.1, 0.15) is 12.4 Å². The van der Waals surface area contributed by atoms with Gasteiger partial charge in [-0.1, -0.05) is 12.1 Å². The number of aliphatic hydroxyl groups is 1. The largest absolute Gasteiger partial charge is 0.444 e. The molecule has 2 N–H and O–H groups in total. The monoisotopic (exact) mass is 382 g/mol. The zero-order valence-corrected chi connectivity index (χ0v) is 15.6. The predicted octanol–water partition coefficient (Wildman–Crippen LogP) is 2.37. The minimum Gasteiger partial charge on any atom is -0.444 e. The number of anilines is 1. The highest BCUT2D eigenvalue weighted by molar-refractivity contribution is 5.90. The Balaban J connectivity index is 1.45. The number of benzene rings is 1. The molecule has 0 unspecified atom stereocenters. The molecule has 0 aliphatic carbocycles. The molecule has 2 amide bonds. The first-order valence-electron chi connectivity index (χ1n) is 9.19. The van der Waals surface area contributed by atoms with E-state index in [1.54, 1.807) is 11.1 Å². The molecular weight excluding hydrogens is 360 g/mol. The fourth-order valence-corrected chi connectivity index (χ4v) is 3.55. The number of nitrogens with one attached hydrogen (secondary N) is 1. The highest BCUT2D eigenvalue weighted by Gasteiger charge is 2.28. The number of aromatic nitrogens is 4. The van der Waals surface area contributed by atoms with Crippen LogP contribution >= 0.6 is 0 Å². The maximum absolute atomic E-state index is 12.8. The normalized spacial score (nSPS) is 16.9. The second kappa shape index (κ2) is 7.81. The number of hydrogen-bond donors (Lipinski definition) is 2. The van der Waals surface area contributed by atoms with Gasteiger partial charge in [0.05, 0.1) is 6.20 Å². The number of carbonyl (C=O) groups is 1. The Labute approximate surface area is 162 Å². The summed E-state index contributed by atoms with van der Waals surface area (Å²) in [5.74, 6) is 2.07. The van der Waals surface area contributed by atoms with Crippen LogP contribution in [0.4, 0.5) is 10.5 Å². The zero-order valence-electron chi connectivity index (χ0n) is 15.6. The molecule has 1 atom stereocenters. The second-order valence-corrected chi connectivity index (χ2v) is 6.85. The van der Waals surface area contributed by atoms with E-state index in [-0.39, 0.29) is 18.6 Å². The summed E-state index contributed by atoms with van der Waals surface area (Å²) in [4.78, 5) is 18.5. The van der Waals surface area contributed by atoms with Crippen molar-refractivity contribution in [2.24, 2.45) is 7.05 Å². The summed E-state index contributed by atoms with van der Waals surface area (Å²) >= 11 is 0. The van der Waals surface area contributed by atoms with Crippen LogP contribution in [0.25, 0.3) is 11.3 Å². The Morgan fingerprint density at radius 3 is 3.04 bits per heavy atom. The first kappa shape index (κ1) is 18.2. The lowest BCUT2D eigenvalue weighted by atomic mass is 9.97. The van der Waals surface area contributed by atoms with E-state index in [2.05, 4.69) is 20.5 Å². The van der Waals surface area contributed by atoms with E-state index in [1.807, 2.05) is 35.9 Å². The van der Waals surface area contributed by atoms with Crippen LogP contribution in [0.5, 0.6) is 0 Å². The van der Waals surface area contributed by atoms with Gasteiger partial charge in [0.25, 0.3) is 0 Å². The Morgan fingerprint density at radius 2 is 2.29 bits per heavy atom. The third kappa shape index (κ3) is 3.61. The van der Waals surface area contributed by atoms with Gasteiger partial charge in [-0.3, -0.25) is 0 Å². The van der Waals surface area contributed by atoms with E-state index >= 15 is 0 Å². The van der Waals surface area contributed by atoms with Gasteiger partial charge in [-0.05, 0) is 25.0 Å². The van der Waals surface area contributed by atoms with E-state index in [1.165, 1.54) is 6.39 Å². The zero-order chi connectivity index (χ0) is 19.5. The van der Waals surface area contributed by atoms with E-state index in [0.29, 0.717) is 30.4 Å². The number of aliphatic hydroxyl groups excluding tert-OH is 1. The quantitative estimate of drug-likeness (QED) is 0.717. The van der Waals surface area contributed by atoms with Crippen LogP contribution in [0.1, 0.15) is 30.4 Å². The van der Waals surface area contributed by atoms with E-state index in [4.69, 9.17) is 4.42 Å². The minimum atomic E-state index is -0.151. The lowest BCUT2D eigenvalue weighted by Gasteiger charge is -2.32. The van der Waals surface area contributed by atoms with Crippen molar-refractivity contribution >= 4 is 11.7 Å². The summed E-state index contributed by atoms with van der Waals surface area (Å²) in [6.45, 7) is 1.10. The molecule has 3 aromatic rings. The Kier molecular flexibility index (Phi) is 5.07. The van der Waals surface area contributed by atoms with Gasteiger partial charge in [-0.2, -0.15) is 0 Å². The molecule has 146 valence electrons. The average molecular weight is 382 g/mol. The average Bonchev–Trinajstić information content (AvgIpc) is 3.38. The number of oxazole rings is 1. The van der Waals surface area contributed by atoms with Gasteiger partial charge >= 0.3 is 6.03 Å². The number of urea groups is 1. The Hall–Kier alpha value is -3.20. The molecule has 4 rings (SSSR count). The molecule has 3 heterocycles. The van der Waals surface area contributed by atoms with Crippen molar-refractivity contribution in [2.75, 3.05) is 18.4 Å². The number of likely N-dealkylation sites (tertiary alicyclic amines) is 1. The van der Waals surface area contributed by atoms with Crippen molar-refractivity contribution in [3.05, 3.63) is 48.5 Å². The molecule has 9 nitrogen and oxygen atoms in total. The van der Waals surface area contributed by atoms with Crippen LogP contribution in [-0.4, -0.2) is 48.9 Å².